The van der Waals surface area contributed by atoms with Crippen LogP contribution in [-0.4, -0.2) is 37.0 Å². The Morgan fingerprint density at radius 1 is 1.40 bits per heavy atom. The van der Waals surface area contributed by atoms with E-state index in [1.165, 1.54) is 10.4 Å². The number of halogens is 1. The van der Waals surface area contributed by atoms with E-state index in [1.54, 1.807) is 0 Å². The monoisotopic (exact) mass is 302 g/mol. The maximum absolute atomic E-state index is 13.3. The quantitative estimate of drug-likeness (QED) is 0.804. The molecule has 1 aliphatic rings. The van der Waals surface area contributed by atoms with Crippen molar-refractivity contribution in [2.45, 2.75) is 36.6 Å². The van der Waals surface area contributed by atoms with Crippen molar-refractivity contribution in [1.82, 2.24) is 4.31 Å². The highest BCUT2D eigenvalue weighted by atomic mass is 32.2. The number of rotatable bonds is 5. The van der Waals surface area contributed by atoms with Gasteiger partial charge in [0.05, 0.1) is 4.90 Å². The van der Waals surface area contributed by atoms with Gasteiger partial charge in [0.15, 0.2) is 0 Å². The molecule has 1 saturated heterocycles. The summed E-state index contributed by atoms with van der Waals surface area (Å²) in [5, 5.41) is 8.87. The molecule has 0 bridgehead atoms. The van der Waals surface area contributed by atoms with Crippen molar-refractivity contribution in [1.29, 1.82) is 0 Å². The first-order valence-corrected chi connectivity index (χ1v) is 8.08. The van der Waals surface area contributed by atoms with Gasteiger partial charge in [0.1, 0.15) is 5.82 Å². The summed E-state index contributed by atoms with van der Waals surface area (Å²) in [6.07, 6.45) is 2.71. The van der Waals surface area contributed by atoms with Crippen molar-refractivity contribution in [3.63, 3.8) is 0 Å². The van der Waals surface area contributed by atoms with Crippen molar-refractivity contribution in [3.05, 3.63) is 24.0 Å². The lowest BCUT2D eigenvalue weighted by molar-refractivity contribution is 0.264. The number of nitrogens with zero attached hydrogens (tertiary/aromatic N) is 1. The molecule has 7 heteroatoms. The van der Waals surface area contributed by atoms with E-state index in [4.69, 9.17) is 10.8 Å². The zero-order valence-electron chi connectivity index (χ0n) is 11.1. The summed E-state index contributed by atoms with van der Waals surface area (Å²) in [4.78, 5) is -0.106. The van der Waals surface area contributed by atoms with Gasteiger partial charge in [0.2, 0.25) is 10.0 Å². The molecule has 0 aliphatic carbocycles. The Kier molecular flexibility index (Phi) is 4.62. The number of aliphatic hydroxyl groups is 1. The van der Waals surface area contributed by atoms with Gasteiger partial charge in [-0.1, -0.05) is 0 Å². The number of nitrogens with two attached hydrogens (primary N) is 1. The van der Waals surface area contributed by atoms with Crippen LogP contribution in [0.15, 0.2) is 23.1 Å². The summed E-state index contributed by atoms with van der Waals surface area (Å²) in [6, 6.07) is 3.23. The van der Waals surface area contributed by atoms with Gasteiger partial charge in [-0.15, -0.1) is 0 Å². The second-order valence-corrected chi connectivity index (χ2v) is 6.89. The highest BCUT2D eigenvalue weighted by Gasteiger charge is 2.35. The summed E-state index contributed by atoms with van der Waals surface area (Å²) >= 11 is 0. The molecule has 1 heterocycles. The second kappa shape index (κ2) is 6.07. The maximum Gasteiger partial charge on any atom is 0.243 e. The van der Waals surface area contributed by atoms with E-state index in [1.807, 2.05) is 0 Å². The molecule has 5 nitrogen and oxygen atoms in total. The van der Waals surface area contributed by atoms with E-state index in [2.05, 4.69) is 0 Å². The van der Waals surface area contributed by atoms with Crippen molar-refractivity contribution >= 4 is 15.7 Å². The minimum atomic E-state index is -3.73. The molecular formula is C13H19FN2O3S. The Labute approximate surface area is 118 Å². The Morgan fingerprint density at radius 2 is 2.15 bits per heavy atom. The topological polar surface area (TPSA) is 83.6 Å². The lowest BCUT2D eigenvalue weighted by Crippen LogP contribution is -2.35. The molecule has 0 saturated carbocycles. The molecule has 1 aromatic rings. The minimum Gasteiger partial charge on any atom is -0.399 e. The Balaban J connectivity index is 2.29. The number of nitrogen functional groups attached to an aromatic ring is 1. The first-order chi connectivity index (χ1) is 9.45. The molecule has 0 aromatic heterocycles. The maximum atomic E-state index is 13.3. The van der Waals surface area contributed by atoms with Crippen LogP contribution in [-0.2, 0) is 10.0 Å². The number of hydrogen-bond acceptors (Lipinski definition) is 4. The van der Waals surface area contributed by atoms with Crippen LogP contribution in [0.1, 0.15) is 25.7 Å². The summed E-state index contributed by atoms with van der Waals surface area (Å²) < 4.78 is 39.9. The van der Waals surface area contributed by atoms with Gasteiger partial charge in [0, 0.05) is 24.9 Å². The smallest absolute Gasteiger partial charge is 0.243 e. The predicted molar refractivity (Wildman–Crippen MR) is 74.0 cm³/mol. The lowest BCUT2D eigenvalue weighted by atomic mass is 10.1. The highest BCUT2D eigenvalue weighted by molar-refractivity contribution is 7.89. The first kappa shape index (κ1) is 15.2. The molecule has 20 heavy (non-hydrogen) atoms. The Morgan fingerprint density at radius 3 is 2.80 bits per heavy atom. The van der Waals surface area contributed by atoms with Gasteiger partial charge in [-0.05, 0) is 43.9 Å². The van der Waals surface area contributed by atoms with Crippen LogP contribution in [0.5, 0.6) is 0 Å². The molecule has 2 rings (SSSR count). The fourth-order valence-corrected chi connectivity index (χ4v) is 4.40. The van der Waals surface area contributed by atoms with Gasteiger partial charge in [0.25, 0.3) is 0 Å². The number of benzene rings is 1. The standard InChI is InChI=1S/C13H19FN2O3S/c14-10-7-11(15)9-13(8-10)20(18,19)16-5-1-3-12(16)4-2-6-17/h7-9,12,17H,1-6,15H2. The molecule has 0 spiro atoms. The first-order valence-electron chi connectivity index (χ1n) is 6.64. The summed E-state index contributed by atoms with van der Waals surface area (Å²) in [6.45, 7) is 0.464. The molecule has 3 N–H and O–H groups in total. The van der Waals surface area contributed by atoms with Crippen LogP contribution < -0.4 is 5.73 Å². The average molecular weight is 302 g/mol. The molecule has 1 unspecified atom stereocenters. The fourth-order valence-electron chi connectivity index (χ4n) is 2.61. The molecule has 1 aliphatic heterocycles. The second-order valence-electron chi connectivity index (χ2n) is 5.00. The predicted octanol–water partition coefficient (Wildman–Crippen LogP) is 1.33. The zero-order chi connectivity index (χ0) is 14.8. The Hall–Kier alpha value is -1.18. The normalized spacial score (nSPS) is 20.4. The third-order valence-corrected chi connectivity index (χ3v) is 5.45. The molecule has 112 valence electrons. The summed E-state index contributed by atoms with van der Waals surface area (Å²) in [7, 11) is -3.73. The summed E-state index contributed by atoms with van der Waals surface area (Å²) in [5.74, 6) is -0.658. The molecule has 0 amide bonds. The molecule has 1 fully saturated rings. The minimum absolute atomic E-state index is 0.0390. The van der Waals surface area contributed by atoms with Gasteiger partial charge >= 0.3 is 0 Å². The van der Waals surface area contributed by atoms with Gasteiger partial charge in [-0.25, -0.2) is 12.8 Å². The van der Waals surface area contributed by atoms with Crippen LogP contribution in [0.3, 0.4) is 0 Å². The molecule has 1 atom stereocenters. The SMILES string of the molecule is Nc1cc(F)cc(S(=O)(=O)N2CCCC2CCCO)c1. The van der Waals surface area contributed by atoms with E-state index in [0.717, 1.165) is 25.0 Å². The van der Waals surface area contributed by atoms with E-state index in [0.29, 0.717) is 19.4 Å². The van der Waals surface area contributed by atoms with Crippen LogP contribution in [0.25, 0.3) is 0 Å². The van der Waals surface area contributed by atoms with Gasteiger partial charge < -0.3 is 10.8 Å². The van der Waals surface area contributed by atoms with Crippen molar-refractivity contribution in [3.8, 4) is 0 Å². The average Bonchev–Trinajstić information content (AvgIpc) is 2.84. The van der Waals surface area contributed by atoms with E-state index >= 15 is 0 Å². The van der Waals surface area contributed by atoms with E-state index in [-0.39, 0.29) is 23.2 Å². The van der Waals surface area contributed by atoms with Crippen LogP contribution in [0.2, 0.25) is 0 Å². The third kappa shape index (κ3) is 3.11. The van der Waals surface area contributed by atoms with Crippen molar-refractivity contribution in [2.24, 2.45) is 0 Å². The number of anilines is 1. The largest absolute Gasteiger partial charge is 0.399 e. The highest BCUT2D eigenvalue weighted by Crippen LogP contribution is 2.29. The summed E-state index contributed by atoms with van der Waals surface area (Å²) in [5.41, 5.74) is 5.61. The van der Waals surface area contributed by atoms with Gasteiger partial charge in [-0.3, -0.25) is 0 Å². The van der Waals surface area contributed by atoms with Crippen molar-refractivity contribution < 1.29 is 17.9 Å². The van der Waals surface area contributed by atoms with Gasteiger partial charge in [-0.2, -0.15) is 4.31 Å². The Bertz CT molecular complexity index is 557. The zero-order valence-corrected chi connectivity index (χ0v) is 11.9. The molecule has 1 aromatic carbocycles. The van der Waals surface area contributed by atoms with Crippen LogP contribution >= 0.6 is 0 Å². The van der Waals surface area contributed by atoms with Crippen molar-refractivity contribution in [2.75, 3.05) is 18.9 Å². The van der Waals surface area contributed by atoms with Crippen LogP contribution in [0, 0.1) is 5.82 Å². The number of aliphatic hydroxyl groups excluding tert-OH is 1. The van der Waals surface area contributed by atoms with Crippen LogP contribution in [0.4, 0.5) is 10.1 Å². The van der Waals surface area contributed by atoms with E-state index in [9.17, 15) is 12.8 Å². The molecular weight excluding hydrogens is 283 g/mol. The van der Waals surface area contributed by atoms with E-state index < -0.39 is 15.8 Å². The third-order valence-electron chi connectivity index (χ3n) is 3.52. The fraction of sp³-hybridized carbons (Fsp3) is 0.538. The lowest BCUT2D eigenvalue weighted by Gasteiger charge is -2.24. The number of sulfonamides is 1. The molecule has 0 radical (unpaired) electrons. The number of hydrogen-bond donors (Lipinski definition) is 2.